The van der Waals surface area contributed by atoms with Crippen LogP contribution >= 0.6 is 11.3 Å². The van der Waals surface area contributed by atoms with Gasteiger partial charge in [0.05, 0.1) is 21.3 Å². The summed E-state index contributed by atoms with van der Waals surface area (Å²) in [6.45, 7) is 2.61. The molecular formula is C12H15N5O2S. The largest absolute Gasteiger partial charge is 0.384 e. The van der Waals surface area contributed by atoms with Gasteiger partial charge in [-0.15, -0.1) is 11.3 Å². The number of aryl methyl sites for hydroxylation is 1. The van der Waals surface area contributed by atoms with Gasteiger partial charge < -0.3 is 10.7 Å². The number of anilines is 2. The number of benzene rings is 1. The van der Waals surface area contributed by atoms with Gasteiger partial charge in [0.25, 0.3) is 5.69 Å². The van der Waals surface area contributed by atoms with Gasteiger partial charge in [-0.1, -0.05) is 0 Å². The van der Waals surface area contributed by atoms with E-state index in [9.17, 15) is 10.1 Å². The Morgan fingerprint density at radius 1 is 1.40 bits per heavy atom. The van der Waals surface area contributed by atoms with E-state index in [1.165, 1.54) is 12.1 Å². The molecule has 0 bridgehead atoms. The normalized spacial score (nSPS) is 10.3. The molecule has 0 aliphatic carbocycles. The Kier molecular flexibility index (Phi) is 4.49. The van der Waals surface area contributed by atoms with Crippen molar-refractivity contribution in [2.45, 2.75) is 13.3 Å². The second kappa shape index (κ2) is 6.31. The lowest BCUT2D eigenvalue weighted by molar-refractivity contribution is -0.384. The van der Waals surface area contributed by atoms with Crippen LogP contribution in [-0.4, -0.2) is 16.5 Å². The zero-order valence-electron chi connectivity index (χ0n) is 10.9. The number of nitro groups is 1. The molecule has 4 N–H and O–H groups in total. The summed E-state index contributed by atoms with van der Waals surface area (Å²) in [5.41, 5.74) is 4.57. The third-order valence-corrected chi connectivity index (χ3v) is 3.49. The Balaban J connectivity index is 2.01. The summed E-state index contributed by atoms with van der Waals surface area (Å²) in [6, 6.07) is 4.58. The van der Waals surface area contributed by atoms with Crippen molar-refractivity contribution < 1.29 is 4.92 Å². The van der Waals surface area contributed by atoms with E-state index in [0.29, 0.717) is 17.9 Å². The van der Waals surface area contributed by atoms with Crippen LogP contribution in [0.4, 0.5) is 17.1 Å². The molecule has 0 saturated heterocycles. The first-order valence-electron chi connectivity index (χ1n) is 5.99. The first-order chi connectivity index (χ1) is 9.58. The van der Waals surface area contributed by atoms with Crippen LogP contribution in [0.15, 0.2) is 23.6 Å². The third-order valence-electron chi connectivity index (χ3n) is 2.67. The van der Waals surface area contributed by atoms with Crippen LogP contribution in [-0.2, 0) is 6.42 Å². The molecule has 1 aromatic heterocycles. The average molecular weight is 293 g/mol. The lowest BCUT2D eigenvalue weighted by Gasteiger charge is -2.07. The fraction of sp³-hybridized carbons (Fsp3) is 0.250. The molecule has 0 saturated carbocycles. The summed E-state index contributed by atoms with van der Waals surface area (Å²) in [4.78, 5) is 14.7. The number of rotatable bonds is 6. The highest BCUT2D eigenvalue weighted by Gasteiger charge is 2.09. The molecule has 8 heteroatoms. The van der Waals surface area contributed by atoms with E-state index in [-0.39, 0.29) is 5.69 Å². The lowest BCUT2D eigenvalue weighted by atomic mass is 10.2. The van der Waals surface area contributed by atoms with Crippen LogP contribution in [0.3, 0.4) is 0 Å². The highest BCUT2D eigenvalue weighted by atomic mass is 32.1. The predicted molar refractivity (Wildman–Crippen MR) is 80.0 cm³/mol. The summed E-state index contributed by atoms with van der Waals surface area (Å²) in [7, 11) is 0. The average Bonchev–Trinajstić information content (AvgIpc) is 2.84. The number of hydrogen-bond donors (Lipinski definition) is 3. The maximum Gasteiger partial charge on any atom is 0.273 e. The maximum absolute atomic E-state index is 10.8. The van der Waals surface area contributed by atoms with Crippen molar-refractivity contribution in [3.05, 3.63) is 44.4 Å². The maximum atomic E-state index is 10.8. The van der Waals surface area contributed by atoms with E-state index in [2.05, 4.69) is 15.7 Å². The molecule has 0 spiro atoms. The summed E-state index contributed by atoms with van der Waals surface area (Å²) in [5.74, 6) is 5.30. The van der Waals surface area contributed by atoms with Gasteiger partial charge in [0, 0.05) is 36.2 Å². The summed E-state index contributed by atoms with van der Waals surface area (Å²) in [5, 5.41) is 17.0. The quantitative estimate of drug-likeness (QED) is 0.428. The summed E-state index contributed by atoms with van der Waals surface area (Å²) >= 11 is 1.61. The molecule has 0 aliphatic heterocycles. The van der Waals surface area contributed by atoms with Gasteiger partial charge in [-0.05, 0) is 13.0 Å². The SMILES string of the molecule is Cc1nc(CCNc2cc(NN)cc([N+](=O)[O-])c2)cs1. The van der Waals surface area contributed by atoms with Crippen LogP contribution in [0, 0.1) is 17.0 Å². The monoisotopic (exact) mass is 293 g/mol. The highest BCUT2D eigenvalue weighted by molar-refractivity contribution is 7.09. The van der Waals surface area contributed by atoms with Gasteiger partial charge in [0.1, 0.15) is 0 Å². The number of nitrogen functional groups attached to an aromatic ring is 1. The minimum Gasteiger partial charge on any atom is -0.384 e. The van der Waals surface area contributed by atoms with E-state index in [4.69, 9.17) is 5.84 Å². The van der Waals surface area contributed by atoms with Gasteiger partial charge in [0.15, 0.2) is 0 Å². The molecule has 0 amide bonds. The highest BCUT2D eigenvalue weighted by Crippen LogP contribution is 2.23. The Labute approximate surface area is 120 Å². The van der Waals surface area contributed by atoms with Gasteiger partial charge in [0.2, 0.25) is 0 Å². The smallest absolute Gasteiger partial charge is 0.273 e. The second-order valence-electron chi connectivity index (χ2n) is 4.20. The first-order valence-corrected chi connectivity index (χ1v) is 6.87. The van der Waals surface area contributed by atoms with E-state index in [1.807, 2.05) is 12.3 Å². The number of nitro benzene ring substituents is 1. The second-order valence-corrected chi connectivity index (χ2v) is 5.27. The van der Waals surface area contributed by atoms with Gasteiger partial charge in [-0.2, -0.15) is 0 Å². The molecule has 2 aromatic rings. The standard InChI is InChI=1S/C12H15N5O2S/c1-8-15-9(7-20-8)2-3-14-10-4-11(16-13)6-12(5-10)17(18)19/h4-7,14,16H,2-3,13H2,1H3. The van der Waals surface area contributed by atoms with Crippen molar-refractivity contribution in [3.63, 3.8) is 0 Å². The molecule has 1 aromatic carbocycles. The van der Waals surface area contributed by atoms with Crippen molar-refractivity contribution in [1.29, 1.82) is 0 Å². The molecule has 1 heterocycles. The van der Waals surface area contributed by atoms with Crippen molar-refractivity contribution in [2.24, 2.45) is 5.84 Å². The molecule has 2 rings (SSSR count). The molecule has 20 heavy (non-hydrogen) atoms. The van der Waals surface area contributed by atoms with Crippen molar-refractivity contribution in [3.8, 4) is 0 Å². The van der Waals surface area contributed by atoms with Gasteiger partial charge in [-0.25, -0.2) is 4.98 Å². The van der Waals surface area contributed by atoms with Gasteiger partial charge >= 0.3 is 0 Å². The molecule has 0 radical (unpaired) electrons. The molecular weight excluding hydrogens is 278 g/mol. The van der Waals surface area contributed by atoms with E-state index in [0.717, 1.165) is 17.1 Å². The Morgan fingerprint density at radius 3 is 2.75 bits per heavy atom. The summed E-state index contributed by atoms with van der Waals surface area (Å²) in [6.07, 6.45) is 0.762. The molecule has 0 aliphatic rings. The lowest BCUT2D eigenvalue weighted by Crippen LogP contribution is -2.09. The Bertz CT molecular complexity index is 614. The molecule has 0 atom stereocenters. The van der Waals surface area contributed by atoms with Crippen molar-refractivity contribution in [1.82, 2.24) is 4.98 Å². The zero-order chi connectivity index (χ0) is 14.5. The molecule has 7 nitrogen and oxygen atoms in total. The number of hydrazine groups is 1. The number of non-ortho nitro benzene ring substituents is 1. The number of nitrogens with zero attached hydrogens (tertiary/aromatic N) is 2. The van der Waals surface area contributed by atoms with Crippen LogP contribution in [0.5, 0.6) is 0 Å². The number of nitrogens with one attached hydrogen (secondary N) is 2. The fourth-order valence-corrected chi connectivity index (χ4v) is 2.41. The third kappa shape index (κ3) is 3.65. The molecule has 106 valence electrons. The Morgan fingerprint density at radius 2 is 2.15 bits per heavy atom. The minimum absolute atomic E-state index is 0.00699. The van der Waals surface area contributed by atoms with Crippen LogP contribution < -0.4 is 16.6 Å². The fourth-order valence-electron chi connectivity index (χ4n) is 1.76. The zero-order valence-corrected chi connectivity index (χ0v) is 11.7. The van der Waals surface area contributed by atoms with Crippen molar-refractivity contribution in [2.75, 3.05) is 17.3 Å². The Hall–Kier alpha value is -2.19. The number of aromatic nitrogens is 1. The van der Waals surface area contributed by atoms with Gasteiger partial charge in [-0.3, -0.25) is 16.0 Å². The number of hydrogen-bond acceptors (Lipinski definition) is 7. The van der Waals surface area contributed by atoms with Crippen molar-refractivity contribution >= 4 is 28.4 Å². The molecule has 0 fully saturated rings. The summed E-state index contributed by atoms with van der Waals surface area (Å²) < 4.78 is 0. The van der Waals surface area contributed by atoms with E-state index in [1.54, 1.807) is 17.4 Å². The van der Waals surface area contributed by atoms with E-state index >= 15 is 0 Å². The number of nitrogens with two attached hydrogens (primary N) is 1. The van der Waals surface area contributed by atoms with Crippen LogP contribution in [0.25, 0.3) is 0 Å². The van der Waals surface area contributed by atoms with E-state index < -0.39 is 4.92 Å². The number of thiazole rings is 1. The minimum atomic E-state index is -0.449. The first kappa shape index (κ1) is 14.2. The van der Waals surface area contributed by atoms with Crippen LogP contribution in [0.2, 0.25) is 0 Å². The van der Waals surface area contributed by atoms with Crippen LogP contribution in [0.1, 0.15) is 10.7 Å². The molecule has 0 unspecified atom stereocenters. The predicted octanol–water partition coefficient (Wildman–Crippen LogP) is 2.30. The topological polar surface area (TPSA) is 106 Å².